The summed E-state index contributed by atoms with van der Waals surface area (Å²) in [6.45, 7) is 3.75. The summed E-state index contributed by atoms with van der Waals surface area (Å²) in [6.07, 6.45) is 0. The van der Waals surface area contributed by atoms with Crippen LogP contribution in [0.3, 0.4) is 0 Å². The summed E-state index contributed by atoms with van der Waals surface area (Å²) in [4.78, 5) is 20.7. The third-order valence-electron chi connectivity index (χ3n) is 3.46. The average molecular weight is 303 g/mol. The highest BCUT2D eigenvalue weighted by Crippen LogP contribution is 2.19. The fourth-order valence-corrected chi connectivity index (χ4v) is 2.40. The maximum atomic E-state index is 12.3. The largest absolute Gasteiger partial charge is 0.290 e. The first-order chi connectivity index (χ1) is 11.1. The molecule has 4 heteroatoms. The van der Waals surface area contributed by atoms with E-state index in [0.717, 1.165) is 22.5 Å². The van der Waals surface area contributed by atoms with Crippen LogP contribution in [0.4, 0.5) is 5.95 Å². The quantitative estimate of drug-likeness (QED) is 0.795. The lowest BCUT2D eigenvalue weighted by molar-refractivity contribution is 0.102. The summed E-state index contributed by atoms with van der Waals surface area (Å²) in [6, 6.07) is 19.4. The van der Waals surface area contributed by atoms with Crippen molar-refractivity contribution in [1.82, 2.24) is 9.97 Å². The van der Waals surface area contributed by atoms with Gasteiger partial charge in [0.25, 0.3) is 5.91 Å². The summed E-state index contributed by atoms with van der Waals surface area (Å²) in [5.74, 6) is 0.120. The third kappa shape index (κ3) is 3.61. The van der Waals surface area contributed by atoms with Crippen LogP contribution in [0.1, 0.15) is 21.7 Å². The average Bonchev–Trinajstić information content (AvgIpc) is 2.55. The van der Waals surface area contributed by atoms with Gasteiger partial charge in [-0.1, -0.05) is 42.5 Å². The number of carbonyl (C=O) groups excluding carboxylic acids is 1. The highest BCUT2D eigenvalue weighted by molar-refractivity contribution is 6.03. The number of carbonyl (C=O) groups is 1. The van der Waals surface area contributed by atoms with E-state index in [1.54, 1.807) is 12.1 Å². The normalized spacial score (nSPS) is 10.3. The van der Waals surface area contributed by atoms with Crippen LogP contribution in [0.5, 0.6) is 0 Å². The minimum atomic E-state index is -0.213. The lowest BCUT2D eigenvalue weighted by Crippen LogP contribution is -2.14. The van der Waals surface area contributed by atoms with Crippen LogP contribution >= 0.6 is 0 Å². The van der Waals surface area contributed by atoms with Gasteiger partial charge in [0, 0.05) is 17.0 Å². The summed E-state index contributed by atoms with van der Waals surface area (Å²) in [5, 5.41) is 2.74. The van der Waals surface area contributed by atoms with E-state index >= 15 is 0 Å². The molecule has 0 aliphatic heterocycles. The number of amides is 1. The zero-order chi connectivity index (χ0) is 16.2. The van der Waals surface area contributed by atoms with Crippen LogP contribution in [-0.2, 0) is 0 Å². The van der Waals surface area contributed by atoms with E-state index in [0.29, 0.717) is 11.5 Å². The Bertz CT molecular complexity index is 807. The molecule has 3 aromatic rings. The molecule has 0 aliphatic carbocycles. The number of nitrogens with zero attached hydrogens (tertiary/aromatic N) is 2. The molecule has 0 saturated heterocycles. The number of hydrogen-bond acceptors (Lipinski definition) is 3. The van der Waals surface area contributed by atoms with Gasteiger partial charge in [0.2, 0.25) is 5.95 Å². The van der Waals surface area contributed by atoms with Gasteiger partial charge < -0.3 is 0 Å². The summed E-state index contributed by atoms with van der Waals surface area (Å²) < 4.78 is 0. The maximum Gasteiger partial charge on any atom is 0.258 e. The second kappa shape index (κ2) is 6.40. The molecular formula is C19H17N3O. The van der Waals surface area contributed by atoms with E-state index in [1.165, 1.54) is 0 Å². The fourth-order valence-electron chi connectivity index (χ4n) is 2.40. The lowest BCUT2D eigenvalue weighted by Gasteiger charge is -2.07. The molecule has 0 saturated carbocycles. The van der Waals surface area contributed by atoms with E-state index in [4.69, 9.17) is 0 Å². The van der Waals surface area contributed by atoms with Gasteiger partial charge in [-0.25, -0.2) is 9.97 Å². The Balaban J connectivity index is 1.78. The van der Waals surface area contributed by atoms with Crippen molar-refractivity contribution >= 4 is 11.9 Å². The van der Waals surface area contributed by atoms with Crippen molar-refractivity contribution in [3.63, 3.8) is 0 Å². The van der Waals surface area contributed by atoms with Crippen LogP contribution < -0.4 is 5.32 Å². The number of aryl methyl sites for hydroxylation is 2. The van der Waals surface area contributed by atoms with Gasteiger partial charge in [-0.2, -0.15) is 0 Å². The lowest BCUT2D eigenvalue weighted by atomic mass is 10.0. The SMILES string of the molecule is Cc1cc(C)nc(NC(=O)c2ccc(-c3ccccc3)cc2)n1. The van der Waals surface area contributed by atoms with Crippen molar-refractivity contribution < 1.29 is 4.79 Å². The van der Waals surface area contributed by atoms with Gasteiger partial charge in [0.15, 0.2) is 0 Å². The van der Waals surface area contributed by atoms with E-state index < -0.39 is 0 Å². The van der Waals surface area contributed by atoms with Gasteiger partial charge in [-0.15, -0.1) is 0 Å². The first kappa shape index (κ1) is 14.9. The van der Waals surface area contributed by atoms with Gasteiger partial charge in [0.05, 0.1) is 0 Å². The van der Waals surface area contributed by atoms with Crippen molar-refractivity contribution in [3.05, 3.63) is 77.6 Å². The van der Waals surface area contributed by atoms with Crippen LogP contribution in [-0.4, -0.2) is 15.9 Å². The third-order valence-corrected chi connectivity index (χ3v) is 3.46. The van der Waals surface area contributed by atoms with Gasteiger partial charge in [0.1, 0.15) is 0 Å². The molecule has 2 aromatic carbocycles. The van der Waals surface area contributed by atoms with Crippen LogP contribution in [0.2, 0.25) is 0 Å². The second-order valence-electron chi connectivity index (χ2n) is 5.37. The Hall–Kier alpha value is -3.01. The molecule has 1 N–H and O–H groups in total. The number of hydrogen-bond donors (Lipinski definition) is 1. The molecule has 1 aromatic heterocycles. The first-order valence-corrected chi connectivity index (χ1v) is 7.41. The number of benzene rings is 2. The van der Waals surface area contributed by atoms with E-state index in [2.05, 4.69) is 15.3 Å². The molecule has 3 rings (SSSR count). The molecule has 0 bridgehead atoms. The molecule has 1 amide bonds. The Morgan fingerprint density at radius 2 is 1.39 bits per heavy atom. The molecule has 0 atom stereocenters. The molecular weight excluding hydrogens is 286 g/mol. The number of rotatable bonds is 3. The zero-order valence-electron chi connectivity index (χ0n) is 13.1. The Labute approximate surface area is 135 Å². The van der Waals surface area contributed by atoms with Crippen molar-refractivity contribution in [3.8, 4) is 11.1 Å². The molecule has 114 valence electrons. The van der Waals surface area contributed by atoms with Crippen molar-refractivity contribution in [2.45, 2.75) is 13.8 Å². The number of anilines is 1. The second-order valence-corrected chi connectivity index (χ2v) is 5.37. The zero-order valence-corrected chi connectivity index (χ0v) is 13.1. The van der Waals surface area contributed by atoms with Crippen molar-refractivity contribution in [1.29, 1.82) is 0 Å². The highest BCUT2D eigenvalue weighted by Gasteiger charge is 2.09. The predicted molar refractivity (Wildman–Crippen MR) is 91.3 cm³/mol. The van der Waals surface area contributed by atoms with Gasteiger partial charge >= 0.3 is 0 Å². The van der Waals surface area contributed by atoms with Crippen molar-refractivity contribution in [2.75, 3.05) is 5.32 Å². The minimum absolute atomic E-state index is 0.213. The van der Waals surface area contributed by atoms with Crippen LogP contribution in [0.25, 0.3) is 11.1 Å². The Morgan fingerprint density at radius 1 is 0.826 bits per heavy atom. The molecule has 23 heavy (non-hydrogen) atoms. The Kier molecular flexibility index (Phi) is 4.15. The molecule has 4 nitrogen and oxygen atoms in total. The highest BCUT2D eigenvalue weighted by atomic mass is 16.1. The molecule has 0 unspecified atom stereocenters. The molecule has 0 fully saturated rings. The van der Waals surface area contributed by atoms with E-state index in [9.17, 15) is 4.79 Å². The molecule has 0 spiro atoms. The fraction of sp³-hybridized carbons (Fsp3) is 0.105. The van der Waals surface area contributed by atoms with E-state index in [1.807, 2.05) is 62.4 Å². The van der Waals surface area contributed by atoms with Gasteiger partial charge in [-0.3, -0.25) is 10.1 Å². The summed E-state index contributed by atoms with van der Waals surface area (Å²) in [5.41, 5.74) is 4.42. The first-order valence-electron chi connectivity index (χ1n) is 7.41. The maximum absolute atomic E-state index is 12.3. The summed E-state index contributed by atoms with van der Waals surface area (Å²) >= 11 is 0. The van der Waals surface area contributed by atoms with Crippen LogP contribution in [0.15, 0.2) is 60.7 Å². The predicted octanol–water partition coefficient (Wildman–Crippen LogP) is 4.01. The Morgan fingerprint density at radius 3 is 2.00 bits per heavy atom. The molecule has 1 heterocycles. The van der Waals surface area contributed by atoms with Crippen LogP contribution in [0, 0.1) is 13.8 Å². The molecule has 0 radical (unpaired) electrons. The minimum Gasteiger partial charge on any atom is -0.290 e. The topological polar surface area (TPSA) is 54.9 Å². The standard InChI is InChI=1S/C19H17N3O/c1-13-12-14(2)21-19(20-13)22-18(23)17-10-8-16(9-11-17)15-6-4-3-5-7-15/h3-12H,1-2H3,(H,20,21,22,23). The summed E-state index contributed by atoms with van der Waals surface area (Å²) in [7, 11) is 0. The van der Waals surface area contributed by atoms with E-state index in [-0.39, 0.29) is 5.91 Å². The number of nitrogens with one attached hydrogen (secondary N) is 1. The monoisotopic (exact) mass is 303 g/mol. The smallest absolute Gasteiger partial charge is 0.258 e. The number of aromatic nitrogens is 2. The molecule has 0 aliphatic rings. The van der Waals surface area contributed by atoms with Gasteiger partial charge in [-0.05, 0) is 43.2 Å². The van der Waals surface area contributed by atoms with Crippen molar-refractivity contribution in [2.24, 2.45) is 0 Å².